The zero-order valence-electron chi connectivity index (χ0n) is 12.0. The van der Waals surface area contributed by atoms with Gasteiger partial charge < -0.3 is 5.32 Å². The Balaban J connectivity index is 2.12. The number of nitro groups is 1. The maximum absolute atomic E-state index is 11.0. The van der Waals surface area contributed by atoms with E-state index in [1.54, 1.807) is 12.1 Å². The standard InChI is InChI=1S/C16H17BrN2O2/c1-11(2)13-5-3-12(4-6-13)10-18-15-9-14(17)7-8-16(15)19(20)21/h3-9,11,18H,10H2,1-2H3. The highest BCUT2D eigenvalue weighted by molar-refractivity contribution is 9.10. The summed E-state index contributed by atoms with van der Waals surface area (Å²) in [5.74, 6) is 0.498. The predicted octanol–water partition coefficient (Wildman–Crippen LogP) is 5.09. The van der Waals surface area contributed by atoms with Gasteiger partial charge in [-0.15, -0.1) is 0 Å². The molecule has 0 fully saturated rings. The van der Waals surface area contributed by atoms with Crippen LogP contribution in [0.3, 0.4) is 0 Å². The molecule has 0 spiro atoms. The van der Waals surface area contributed by atoms with Crippen LogP contribution < -0.4 is 5.32 Å². The summed E-state index contributed by atoms with van der Waals surface area (Å²) in [6.07, 6.45) is 0. The lowest BCUT2D eigenvalue weighted by molar-refractivity contribution is -0.384. The number of nitrogens with one attached hydrogen (secondary N) is 1. The quantitative estimate of drug-likeness (QED) is 0.604. The minimum Gasteiger partial charge on any atom is -0.375 e. The van der Waals surface area contributed by atoms with Crippen molar-refractivity contribution in [3.63, 3.8) is 0 Å². The molecule has 2 aromatic carbocycles. The van der Waals surface area contributed by atoms with Crippen molar-refractivity contribution >= 4 is 27.3 Å². The lowest BCUT2D eigenvalue weighted by atomic mass is 10.0. The Kier molecular flexibility index (Phi) is 4.96. The molecule has 0 aromatic heterocycles. The van der Waals surface area contributed by atoms with Gasteiger partial charge in [0.25, 0.3) is 5.69 Å². The summed E-state index contributed by atoms with van der Waals surface area (Å²) in [5, 5.41) is 14.1. The first-order chi connectivity index (χ1) is 9.97. The number of anilines is 1. The molecule has 0 radical (unpaired) electrons. The first kappa shape index (κ1) is 15.5. The zero-order chi connectivity index (χ0) is 15.4. The van der Waals surface area contributed by atoms with Gasteiger partial charge in [0.2, 0.25) is 0 Å². The van der Waals surface area contributed by atoms with Crippen LogP contribution in [-0.2, 0) is 6.54 Å². The molecular formula is C16H17BrN2O2. The molecule has 4 nitrogen and oxygen atoms in total. The van der Waals surface area contributed by atoms with Gasteiger partial charge in [0.15, 0.2) is 0 Å². The van der Waals surface area contributed by atoms with E-state index < -0.39 is 0 Å². The third kappa shape index (κ3) is 4.04. The lowest BCUT2D eigenvalue weighted by Crippen LogP contribution is -2.03. The normalized spacial score (nSPS) is 10.7. The van der Waals surface area contributed by atoms with Gasteiger partial charge in [-0.3, -0.25) is 10.1 Å². The molecule has 2 rings (SSSR count). The molecule has 0 saturated heterocycles. The van der Waals surface area contributed by atoms with E-state index in [4.69, 9.17) is 0 Å². The van der Waals surface area contributed by atoms with Crippen LogP contribution >= 0.6 is 15.9 Å². The lowest BCUT2D eigenvalue weighted by Gasteiger charge is -2.09. The van der Waals surface area contributed by atoms with Gasteiger partial charge in [0, 0.05) is 17.1 Å². The van der Waals surface area contributed by atoms with E-state index in [-0.39, 0.29) is 10.6 Å². The predicted molar refractivity (Wildman–Crippen MR) is 88.7 cm³/mol. The minimum atomic E-state index is -0.378. The van der Waals surface area contributed by atoms with Gasteiger partial charge in [-0.25, -0.2) is 0 Å². The molecule has 110 valence electrons. The number of hydrogen-bond acceptors (Lipinski definition) is 3. The fourth-order valence-electron chi connectivity index (χ4n) is 2.03. The van der Waals surface area contributed by atoms with Crippen molar-refractivity contribution in [3.05, 3.63) is 68.2 Å². The smallest absolute Gasteiger partial charge is 0.292 e. The largest absolute Gasteiger partial charge is 0.375 e. The van der Waals surface area contributed by atoms with E-state index in [1.807, 2.05) is 12.1 Å². The van der Waals surface area contributed by atoms with Crippen molar-refractivity contribution in [3.8, 4) is 0 Å². The molecule has 2 aromatic rings. The van der Waals surface area contributed by atoms with Gasteiger partial charge in [-0.05, 0) is 29.2 Å². The zero-order valence-corrected chi connectivity index (χ0v) is 13.6. The summed E-state index contributed by atoms with van der Waals surface area (Å²) in [6, 6.07) is 13.2. The molecule has 0 amide bonds. The van der Waals surface area contributed by atoms with Crippen LogP contribution in [0.1, 0.15) is 30.9 Å². The van der Waals surface area contributed by atoms with Crippen molar-refractivity contribution in [2.24, 2.45) is 0 Å². The molecule has 0 saturated carbocycles. The highest BCUT2D eigenvalue weighted by Gasteiger charge is 2.13. The maximum Gasteiger partial charge on any atom is 0.292 e. The van der Waals surface area contributed by atoms with Gasteiger partial charge in [0.1, 0.15) is 5.69 Å². The van der Waals surface area contributed by atoms with Crippen LogP contribution in [0.5, 0.6) is 0 Å². The summed E-state index contributed by atoms with van der Waals surface area (Å²) < 4.78 is 0.811. The Hall–Kier alpha value is -1.88. The van der Waals surface area contributed by atoms with E-state index in [2.05, 4.69) is 47.2 Å². The highest BCUT2D eigenvalue weighted by Crippen LogP contribution is 2.28. The van der Waals surface area contributed by atoms with Gasteiger partial charge in [0.05, 0.1) is 4.92 Å². The molecular weight excluding hydrogens is 332 g/mol. The number of benzene rings is 2. The Morgan fingerprint density at radius 2 is 1.86 bits per heavy atom. The molecule has 0 aliphatic rings. The fraction of sp³-hybridized carbons (Fsp3) is 0.250. The molecule has 0 atom stereocenters. The van der Waals surface area contributed by atoms with Gasteiger partial charge >= 0.3 is 0 Å². The molecule has 0 heterocycles. The number of rotatable bonds is 5. The monoisotopic (exact) mass is 348 g/mol. The van der Waals surface area contributed by atoms with Crippen molar-refractivity contribution in [1.82, 2.24) is 0 Å². The first-order valence-electron chi connectivity index (χ1n) is 6.74. The summed E-state index contributed by atoms with van der Waals surface area (Å²) in [5.41, 5.74) is 2.97. The first-order valence-corrected chi connectivity index (χ1v) is 7.53. The number of hydrogen-bond donors (Lipinski definition) is 1. The fourth-order valence-corrected chi connectivity index (χ4v) is 2.39. The van der Waals surface area contributed by atoms with Crippen LogP contribution in [0.2, 0.25) is 0 Å². The molecule has 0 aliphatic heterocycles. The van der Waals surface area contributed by atoms with E-state index >= 15 is 0 Å². The Labute approximate surface area is 132 Å². The summed E-state index contributed by atoms with van der Waals surface area (Å²) in [6.45, 7) is 4.85. The van der Waals surface area contributed by atoms with E-state index in [9.17, 15) is 10.1 Å². The molecule has 0 bridgehead atoms. The average molecular weight is 349 g/mol. The molecule has 5 heteroatoms. The molecule has 0 aliphatic carbocycles. The van der Waals surface area contributed by atoms with Crippen LogP contribution in [0, 0.1) is 10.1 Å². The van der Waals surface area contributed by atoms with Crippen LogP contribution in [0.4, 0.5) is 11.4 Å². The third-order valence-electron chi connectivity index (χ3n) is 3.28. The van der Waals surface area contributed by atoms with E-state index in [0.717, 1.165) is 10.0 Å². The molecule has 0 unspecified atom stereocenters. The van der Waals surface area contributed by atoms with Crippen molar-refractivity contribution in [1.29, 1.82) is 0 Å². The summed E-state index contributed by atoms with van der Waals surface area (Å²) in [7, 11) is 0. The maximum atomic E-state index is 11.0. The molecule has 1 N–H and O–H groups in total. The number of nitro benzene ring substituents is 1. The van der Waals surface area contributed by atoms with Gasteiger partial charge in [-0.1, -0.05) is 54.0 Å². The highest BCUT2D eigenvalue weighted by atomic mass is 79.9. The Morgan fingerprint density at radius 3 is 2.43 bits per heavy atom. The van der Waals surface area contributed by atoms with E-state index in [1.165, 1.54) is 11.6 Å². The number of nitrogens with zero attached hydrogens (tertiary/aromatic N) is 1. The van der Waals surface area contributed by atoms with Crippen molar-refractivity contribution in [2.75, 3.05) is 5.32 Å². The Morgan fingerprint density at radius 1 is 1.19 bits per heavy atom. The van der Waals surface area contributed by atoms with Gasteiger partial charge in [-0.2, -0.15) is 0 Å². The van der Waals surface area contributed by atoms with Crippen molar-refractivity contribution in [2.45, 2.75) is 26.3 Å². The third-order valence-corrected chi connectivity index (χ3v) is 3.78. The summed E-state index contributed by atoms with van der Waals surface area (Å²) >= 11 is 3.33. The van der Waals surface area contributed by atoms with Crippen molar-refractivity contribution < 1.29 is 4.92 Å². The SMILES string of the molecule is CC(C)c1ccc(CNc2cc(Br)ccc2[N+](=O)[O-])cc1. The second kappa shape index (κ2) is 6.72. The topological polar surface area (TPSA) is 55.2 Å². The van der Waals surface area contributed by atoms with Crippen LogP contribution in [0.15, 0.2) is 46.9 Å². The Bertz CT molecular complexity index is 639. The second-order valence-electron chi connectivity index (χ2n) is 5.17. The van der Waals surface area contributed by atoms with E-state index in [0.29, 0.717) is 18.2 Å². The minimum absolute atomic E-state index is 0.0806. The van der Waals surface area contributed by atoms with Crippen LogP contribution in [-0.4, -0.2) is 4.92 Å². The second-order valence-corrected chi connectivity index (χ2v) is 6.08. The summed E-state index contributed by atoms with van der Waals surface area (Å²) in [4.78, 5) is 10.6. The number of halogens is 1. The van der Waals surface area contributed by atoms with Crippen LogP contribution in [0.25, 0.3) is 0 Å². The average Bonchev–Trinajstić information content (AvgIpc) is 2.45. The molecule has 21 heavy (non-hydrogen) atoms.